The van der Waals surface area contributed by atoms with Gasteiger partial charge in [0.25, 0.3) is 11.8 Å². The Morgan fingerprint density at radius 2 is 1.81 bits per heavy atom. The van der Waals surface area contributed by atoms with Gasteiger partial charge in [0.15, 0.2) is 11.7 Å². The Balaban J connectivity index is 2.00. The normalized spacial score (nSPS) is 15.6. The van der Waals surface area contributed by atoms with E-state index in [0.717, 1.165) is 0 Å². The highest BCUT2D eigenvalue weighted by Crippen LogP contribution is 2.25. The summed E-state index contributed by atoms with van der Waals surface area (Å²) in [5.41, 5.74) is 1.000. The van der Waals surface area contributed by atoms with E-state index >= 15 is 0 Å². The molecule has 26 heavy (non-hydrogen) atoms. The number of amides is 2. The largest absolute Gasteiger partial charge is 0.478 e. The van der Waals surface area contributed by atoms with Gasteiger partial charge in [0.05, 0.1) is 5.69 Å². The SMILES string of the molecule is N#CCOc1ccccc1/C=C1\C(=O)NC(=S)N(c2ccccc2)C1=O. The summed E-state index contributed by atoms with van der Waals surface area (Å²) in [5.74, 6) is -0.705. The predicted molar refractivity (Wildman–Crippen MR) is 100 cm³/mol. The lowest BCUT2D eigenvalue weighted by Crippen LogP contribution is -2.54. The molecule has 1 aliphatic rings. The summed E-state index contributed by atoms with van der Waals surface area (Å²) in [6.07, 6.45) is 1.43. The molecule has 1 N–H and O–H groups in total. The maximum atomic E-state index is 12.9. The van der Waals surface area contributed by atoms with Crippen LogP contribution in [0, 0.1) is 11.3 Å². The summed E-state index contributed by atoms with van der Waals surface area (Å²) in [7, 11) is 0. The highest BCUT2D eigenvalue weighted by molar-refractivity contribution is 7.80. The number of anilines is 1. The maximum absolute atomic E-state index is 12.9. The second-order valence-corrected chi connectivity index (χ2v) is 5.66. The van der Waals surface area contributed by atoms with Gasteiger partial charge in [0, 0.05) is 5.56 Å². The topological polar surface area (TPSA) is 82.4 Å². The molecular weight excluding hydrogens is 350 g/mol. The van der Waals surface area contributed by atoms with Gasteiger partial charge in [-0.3, -0.25) is 19.8 Å². The Kier molecular flexibility index (Phi) is 5.06. The van der Waals surface area contributed by atoms with E-state index in [1.807, 2.05) is 12.1 Å². The maximum Gasteiger partial charge on any atom is 0.270 e. The molecule has 0 bridgehead atoms. The number of benzene rings is 2. The minimum Gasteiger partial charge on any atom is -0.478 e. The van der Waals surface area contributed by atoms with E-state index in [2.05, 4.69) is 5.32 Å². The fourth-order valence-electron chi connectivity index (χ4n) is 2.47. The zero-order chi connectivity index (χ0) is 18.5. The van der Waals surface area contributed by atoms with Crippen molar-refractivity contribution < 1.29 is 14.3 Å². The van der Waals surface area contributed by atoms with Crippen LogP contribution in [0.5, 0.6) is 5.75 Å². The molecule has 2 aromatic carbocycles. The number of para-hydroxylation sites is 2. The van der Waals surface area contributed by atoms with Gasteiger partial charge >= 0.3 is 0 Å². The first-order valence-corrected chi connectivity index (χ1v) is 8.08. The van der Waals surface area contributed by atoms with Crippen molar-refractivity contribution in [1.29, 1.82) is 5.26 Å². The fourth-order valence-corrected chi connectivity index (χ4v) is 2.75. The Morgan fingerprint density at radius 3 is 2.54 bits per heavy atom. The monoisotopic (exact) mass is 363 g/mol. The molecule has 0 saturated carbocycles. The number of hydrogen-bond donors (Lipinski definition) is 1. The average Bonchev–Trinajstić information content (AvgIpc) is 2.65. The number of carbonyl (C=O) groups excluding carboxylic acids is 2. The lowest BCUT2D eigenvalue weighted by molar-refractivity contribution is -0.122. The van der Waals surface area contributed by atoms with E-state index in [9.17, 15) is 9.59 Å². The lowest BCUT2D eigenvalue weighted by atomic mass is 10.1. The van der Waals surface area contributed by atoms with Crippen molar-refractivity contribution >= 4 is 40.9 Å². The molecular formula is C19H13N3O3S. The number of hydrogen-bond acceptors (Lipinski definition) is 5. The molecule has 128 valence electrons. The molecule has 1 aliphatic heterocycles. The van der Waals surface area contributed by atoms with Crippen LogP contribution in [0.1, 0.15) is 5.56 Å². The van der Waals surface area contributed by atoms with Gasteiger partial charge in [-0.05, 0) is 36.5 Å². The minimum absolute atomic E-state index is 0.0253. The van der Waals surface area contributed by atoms with Gasteiger partial charge in [-0.25, -0.2) is 0 Å². The van der Waals surface area contributed by atoms with E-state index in [4.69, 9.17) is 22.2 Å². The first kappa shape index (κ1) is 17.3. The van der Waals surface area contributed by atoms with E-state index in [-0.39, 0.29) is 17.3 Å². The summed E-state index contributed by atoms with van der Waals surface area (Å²) in [4.78, 5) is 26.5. The zero-order valence-corrected chi connectivity index (χ0v) is 14.3. The van der Waals surface area contributed by atoms with Crippen LogP contribution >= 0.6 is 12.2 Å². The molecule has 0 atom stereocenters. The Bertz CT molecular complexity index is 948. The molecule has 1 heterocycles. The van der Waals surface area contributed by atoms with Crippen LogP contribution in [0.15, 0.2) is 60.2 Å². The molecule has 3 rings (SSSR count). The summed E-state index contributed by atoms with van der Waals surface area (Å²) >= 11 is 5.15. The molecule has 0 unspecified atom stereocenters. The third kappa shape index (κ3) is 3.45. The number of nitrogens with zero attached hydrogens (tertiary/aromatic N) is 2. The number of nitriles is 1. The van der Waals surface area contributed by atoms with Gasteiger partial charge in [0.2, 0.25) is 0 Å². The Morgan fingerprint density at radius 1 is 1.12 bits per heavy atom. The molecule has 0 aliphatic carbocycles. The third-order valence-corrected chi connectivity index (χ3v) is 3.91. The van der Waals surface area contributed by atoms with Gasteiger partial charge in [-0.15, -0.1) is 0 Å². The average molecular weight is 363 g/mol. The molecule has 1 fully saturated rings. The Labute approximate surface area is 155 Å². The van der Waals surface area contributed by atoms with Gasteiger partial charge in [-0.2, -0.15) is 5.26 Å². The first-order valence-electron chi connectivity index (χ1n) is 7.67. The van der Waals surface area contributed by atoms with E-state index in [0.29, 0.717) is 17.0 Å². The number of ether oxygens (including phenoxy) is 1. The number of rotatable bonds is 4. The molecule has 2 amide bonds. The predicted octanol–water partition coefficient (Wildman–Crippen LogP) is 2.42. The number of nitrogens with one attached hydrogen (secondary N) is 1. The summed E-state index contributed by atoms with van der Waals surface area (Å²) in [6.45, 7) is -0.138. The summed E-state index contributed by atoms with van der Waals surface area (Å²) in [6, 6.07) is 17.5. The van der Waals surface area contributed by atoms with Crippen LogP contribution < -0.4 is 15.0 Å². The third-order valence-electron chi connectivity index (χ3n) is 3.63. The quantitative estimate of drug-likeness (QED) is 0.512. The van der Waals surface area contributed by atoms with Crippen LogP contribution in [0.3, 0.4) is 0 Å². The second kappa shape index (κ2) is 7.59. The summed E-state index contributed by atoms with van der Waals surface area (Å²) < 4.78 is 5.34. The van der Waals surface area contributed by atoms with E-state index in [1.54, 1.807) is 48.5 Å². The molecule has 0 radical (unpaired) electrons. The Hall–Kier alpha value is -3.50. The highest BCUT2D eigenvalue weighted by atomic mass is 32.1. The molecule has 2 aromatic rings. The number of carbonyl (C=O) groups is 2. The lowest BCUT2D eigenvalue weighted by Gasteiger charge is -2.28. The second-order valence-electron chi connectivity index (χ2n) is 5.28. The number of thiocarbonyl (C=S) groups is 1. The fraction of sp³-hybridized carbons (Fsp3) is 0.0526. The first-order chi connectivity index (χ1) is 12.6. The smallest absolute Gasteiger partial charge is 0.270 e. The molecule has 0 spiro atoms. The van der Waals surface area contributed by atoms with E-state index in [1.165, 1.54) is 11.0 Å². The van der Waals surface area contributed by atoms with Crippen molar-refractivity contribution in [3.05, 3.63) is 65.7 Å². The van der Waals surface area contributed by atoms with Crippen LogP contribution in [-0.4, -0.2) is 23.5 Å². The van der Waals surface area contributed by atoms with Crippen LogP contribution in [-0.2, 0) is 9.59 Å². The van der Waals surface area contributed by atoms with Crippen LogP contribution in [0.25, 0.3) is 6.08 Å². The van der Waals surface area contributed by atoms with Crippen LogP contribution in [0.4, 0.5) is 5.69 Å². The molecule has 6 nitrogen and oxygen atoms in total. The van der Waals surface area contributed by atoms with Crippen molar-refractivity contribution in [3.8, 4) is 11.8 Å². The summed E-state index contributed by atoms with van der Waals surface area (Å²) in [5, 5.41) is 11.2. The van der Waals surface area contributed by atoms with E-state index < -0.39 is 11.8 Å². The van der Waals surface area contributed by atoms with Crippen molar-refractivity contribution in [1.82, 2.24) is 5.32 Å². The molecule has 0 aromatic heterocycles. The van der Waals surface area contributed by atoms with Crippen molar-refractivity contribution in [2.75, 3.05) is 11.5 Å². The van der Waals surface area contributed by atoms with Gasteiger partial charge in [0.1, 0.15) is 17.4 Å². The van der Waals surface area contributed by atoms with Crippen LogP contribution in [0.2, 0.25) is 0 Å². The van der Waals surface area contributed by atoms with Gasteiger partial charge < -0.3 is 4.74 Å². The van der Waals surface area contributed by atoms with Gasteiger partial charge in [-0.1, -0.05) is 36.4 Å². The molecule has 1 saturated heterocycles. The van der Waals surface area contributed by atoms with Crippen molar-refractivity contribution in [3.63, 3.8) is 0 Å². The highest BCUT2D eigenvalue weighted by Gasteiger charge is 2.34. The van der Waals surface area contributed by atoms with Crippen molar-refractivity contribution in [2.45, 2.75) is 0 Å². The van der Waals surface area contributed by atoms with Crippen molar-refractivity contribution in [2.24, 2.45) is 0 Å². The zero-order valence-electron chi connectivity index (χ0n) is 13.5. The standard InChI is InChI=1S/C19H13N3O3S/c20-10-11-25-16-9-5-4-6-13(16)12-15-17(23)21-19(26)22(18(15)24)14-7-2-1-3-8-14/h1-9,12H,11H2,(H,21,23,26)/b15-12+. The minimum atomic E-state index is -0.581. The molecule has 7 heteroatoms.